The molecule has 1 fully saturated rings. The number of aryl methyl sites for hydroxylation is 1. The first-order valence-corrected chi connectivity index (χ1v) is 10.9. The summed E-state index contributed by atoms with van der Waals surface area (Å²) in [5.74, 6) is 1.70. The summed E-state index contributed by atoms with van der Waals surface area (Å²) in [6.07, 6.45) is 6.92. The largest absolute Gasteiger partial charge is 0.492 e. The monoisotopic (exact) mass is 421 g/mol. The van der Waals surface area contributed by atoms with Gasteiger partial charge in [-0.3, -0.25) is 4.90 Å². The van der Waals surface area contributed by atoms with Gasteiger partial charge in [0.05, 0.1) is 12.9 Å². The summed E-state index contributed by atoms with van der Waals surface area (Å²) >= 11 is 0. The van der Waals surface area contributed by atoms with Crippen LogP contribution in [-0.2, 0) is 13.1 Å². The second-order valence-electron chi connectivity index (χ2n) is 8.40. The van der Waals surface area contributed by atoms with E-state index < -0.39 is 5.60 Å². The minimum atomic E-state index is -0.764. The highest BCUT2D eigenvalue weighted by Gasteiger charge is 2.33. The topological polar surface area (TPSA) is 59.8 Å². The molecule has 31 heavy (non-hydrogen) atoms. The summed E-state index contributed by atoms with van der Waals surface area (Å²) in [7, 11) is 0. The molecule has 0 saturated carbocycles. The van der Waals surface area contributed by atoms with Gasteiger partial charge >= 0.3 is 0 Å². The zero-order chi connectivity index (χ0) is 21.5. The van der Waals surface area contributed by atoms with Crippen LogP contribution in [0.5, 0.6) is 11.5 Å². The first-order chi connectivity index (χ1) is 15.1. The number of hydrogen-bond acceptors (Lipinski definition) is 5. The summed E-state index contributed by atoms with van der Waals surface area (Å²) in [6, 6.07) is 16.2. The Morgan fingerprint density at radius 3 is 2.58 bits per heavy atom. The average molecular weight is 422 g/mol. The molecule has 0 unspecified atom stereocenters. The van der Waals surface area contributed by atoms with Gasteiger partial charge < -0.3 is 19.1 Å². The number of piperidine rings is 1. The fourth-order valence-electron chi connectivity index (χ4n) is 3.80. The lowest BCUT2D eigenvalue weighted by Crippen LogP contribution is -2.47. The maximum absolute atomic E-state index is 10.9. The van der Waals surface area contributed by atoms with E-state index in [2.05, 4.69) is 28.9 Å². The fraction of sp³-hybridized carbons (Fsp3) is 0.400. The van der Waals surface area contributed by atoms with Crippen LogP contribution in [0.25, 0.3) is 0 Å². The van der Waals surface area contributed by atoms with Crippen molar-refractivity contribution in [3.05, 3.63) is 78.4 Å². The Kier molecular flexibility index (Phi) is 6.89. The molecule has 1 aromatic heterocycles. The smallest absolute Gasteiger partial charge is 0.119 e. The molecule has 3 aromatic rings. The number of rotatable bonds is 9. The van der Waals surface area contributed by atoms with Crippen molar-refractivity contribution in [3.63, 3.8) is 0 Å². The lowest BCUT2D eigenvalue weighted by molar-refractivity contribution is -0.0537. The number of aromatic nitrogens is 2. The number of benzene rings is 2. The molecule has 0 amide bonds. The molecule has 1 N–H and O–H groups in total. The van der Waals surface area contributed by atoms with E-state index in [1.807, 2.05) is 47.2 Å². The minimum Gasteiger partial charge on any atom is -0.492 e. The van der Waals surface area contributed by atoms with E-state index >= 15 is 0 Å². The standard InChI is InChI=1S/C25H31N3O3/c1-21-5-7-23(8-6-21)31-19-25(29)9-12-27(13-10-25)18-22-3-2-4-24(17-22)30-16-15-28-14-11-26-20-28/h2-8,11,14,17,20,29H,9-10,12-13,15-16,18-19H2,1H3. The van der Waals surface area contributed by atoms with Crippen LogP contribution >= 0.6 is 0 Å². The van der Waals surface area contributed by atoms with Gasteiger partial charge in [0, 0.05) is 32.0 Å². The highest BCUT2D eigenvalue weighted by molar-refractivity contribution is 5.29. The van der Waals surface area contributed by atoms with Crippen molar-refractivity contribution in [2.45, 2.75) is 38.5 Å². The molecule has 0 radical (unpaired) electrons. The molecule has 0 aliphatic carbocycles. The van der Waals surface area contributed by atoms with E-state index in [4.69, 9.17) is 9.47 Å². The van der Waals surface area contributed by atoms with E-state index in [9.17, 15) is 5.11 Å². The quantitative estimate of drug-likeness (QED) is 0.571. The van der Waals surface area contributed by atoms with Crippen LogP contribution in [0.2, 0.25) is 0 Å². The van der Waals surface area contributed by atoms with Gasteiger partial charge in [-0.25, -0.2) is 4.98 Å². The predicted octanol–water partition coefficient (Wildman–Crippen LogP) is 3.68. The Morgan fingerprint density at radius 2 is 1.84 bits per heavy atom. The van der Waals surface area contributed by atoms with Gasteiger partial charge in [0.15, 0.2) is 0 Å². The summed E-state index contributed by atoms with van der Waals surface area (Å²) in [5, 5.41) is 10.9. The van der Waals surface area contributed by atoms with Gasteiger partial charge in [0.2, 0.25) is 0 Å². The molecule has 2 heterocycles. The van der Waals surface area contributed by atoms with E-state index in [1.54, 1.807) is 12.5 Å². The molecule has 0 bridgehead atoms. The van der Waals surface area contributed by atoms with Gasteiger partial charge in [0.1, 0.15) is 30.3 Å². The Hall–Kier alpha value is -2.83. The van der Waals surface area contributed by atoms with Crippen LogP contribution < -0.4 is 9.47 Å². The van der Waals surface area contributed by atoms with Gasteiger partial charge in [0.25, 0.3) is 0 Å². The van der Waals surface area contributed by atoms with Crippen LogP contribution in [0.4, 0.5) is 0 Å². The second kappa shape index (κ2) is 9.98. The van der Waals surface area contributed by atoms with Crippen LogP contribution in [0.1, 0.15) is 24.0 Å². The summed E-state index contributed by atoms with van der Waals surface area (Å²) in [6.45, 7) is 6.32. The molecule has 1 aliphatic rings. The Morgan fingerprint density at radius 1 is 1.03 bits per heavy atom. The van der Waals surface area contributed by atoms with Crippen LogP contribution in [0.3, 0.4) is 0 Å². The Labute approximate surface area is 184 Å². The number of imidazole rings is 1. The zero-order valence-electron chi connectivity index (χ0n) is 18.1. The van der Waals surface area contributed by atoms with E-state index in [0.29, 0.717) is 26.1 Å². The highest BCUT2D eigenvalue weighted by atomic mass is 16.5. The van der Waals surface area contributed by atoms with Crippen molar-refractivity contribution in [1.82, 2.24) is 14.5 Å². The maximum Gasteiger partial charge on any atom is 0.119 e. The fourth-order valence-corrected chi connectivity index (χ4v) is 3.80. The van der Waals surface area contributed by atoms with Crippen molar-refractivity contribution >= 4 is 0 Å². The Bertz CT molecular complexity index is 933. The van der Waals surface area contributed by atoms with Crippen molar-refractivity contribution in [3.8, 4) is 11.5 Å². The third kappa shape index (κ3) is 6.32. The van der Waals surface area contributed by atoms with Gasteiger partial charge in [-0.05, 0) is 49.6 Å². The van der Waals surface area contributed by atoms with Crippen LogP contribution in [0.15, 0.2) is 67.3 Å². The summed E-state index contributed by atoms with van der Waals surface area (Å²) in [5.41, 5.74) is 1.66. The molecule has 0 spiro atoms. The molecule has 4 rings (SSSR count). The first-order valence-electron chi connectivity index (χ1n) is 10.9. The number of ether oxygens (including phenoxy) is 2. The van der Waals surface area contributed by atoms with E-state index in [0.717, 1.165) is 37.7 Å². The molecule has 164 valence electrons. The SMILES string of the molecule is Cc1ccc(OCC2(O)CCN(Cc3cccc(OCCn4ccnc4)c3)CC2)cc1. The van der Waals surface area contributed by atoms with E-state index in [-0.39, 0.29) is 0 Å². The van der Waals surface area contributed by atoms with Crippen molar-refractivity contribution in [2.24, 2.45) is 0 Å². The number of aliphatic hydroxyl groups is 1. The molecule has 0 atom stereocenters. The highest BCUT2D eigenvalue weighted by Crippen LogP contribution is 2.25. The van der Waals surface area contributed by atoms with Crippen LogP contribution in [-0.4, -0.2) is 51.5 Å². The minimum absolute atomic E-state index is 0.337. The number of hydrogen-bond donors (Lipinski definition) is 1. The molecule has 2 aromatic carbocycles. The van der Waals surface area contributed by atoms with Gasteiger partial charge in [-0.1, -0.05) is 29.8 Å². The number of nitrogens with zero attached hydrogens (tertiary/aromatic N) is 3. The van der Waals surface area contributed by atoms with Crippen molar-refractivity contribution < 1.29 is 14.6 Å². The molecular weight excluding hydrogens is 390 g/mol. The van der Waals surface area contributed by atoms with Crippen LogP contribution in [0, 0.1) is 6.92 Å². The molecule has 1 aliphatic heterocycles. The third-order valence-electron chi connectivity index (χ3n) is 5.80. The van der Waals surface area contributed by atoms with E-state index in [1.165, 1.54) is 11.1 Å². The third-order valence-corrected chi connectivity index (χ3v) is 5.80. The second-order valence-corrected chi connectivity index (χ2v) is 8.40. The van der Waals surface area contributed by atoms with Gasteiger partial charge in [-0.2, -0.15) is 0 Å². The van der Waals surface area contributed by atoms with Crippen molar-refractivity contribution in [1.29, 1.82) is 0 Å². The lowest BCUT2D eigenvalue weighted by Gasteiger charge is -2.38. The molecular formula is C25H31N3O3. The lowest BCUT2D eigenvalue weighted by atomic mass is 9.92. The molecule has 1 saturated heterocycles. The van der Waals surface area contributed by atoms with Gasteiger partial charge in [-0.15, -0.1) is 0 Å². The Balaban J connectivity index is 1.22. The molecule has 6 nitrogen and oxygen atoms in total. The summed E-state index contributed by atoms with van der Waals surface area (Å²) < 4.78 is 13.7. The average Bonchev–Trinajstić information content (AvgIpc) is 3.29. The number of likely N-dealkylation sites (tertiary alicyclic amines) is 1. The maximum atomic E-state index is 10.9. The molecule has 6 heteroatoms. The van der Waals surface area contributed by atoms with Crippen molar-refractivity contribution in [2.75, 3.05) is 26.3 Å². The first kappa shape index (κ1) is 21.4. The predicted molar refractivity (Wildman–Crippen MR) is 120 cm³/mol. The summed E-state index contributed by atoms with van der Waals surface area (Å²) in [4.78, 5) is 6.42. The normalized spacial score (nSPS) is 16.2. The zero-order valence-corrected chi connectivity index (χ0v) is 18.1.